The lowest BCUT2D eigenvalue weighted by Crippen LogP contribution is -2.38. The fourth-order valence-corrected chi connectivity index (χ4v) is 4.67. The predicted molar refractivity (Wildman–Crippen MR) is 96.5 cm³/mol. The smallest absolute Gasteiger partial charge is 0.223 e. The van der Waals surface area contributed by atoms with Gasteiger partial charge in [0.25, 0.3) is 0 Å². The minimum Gasteiger partial charge on any atom is -0.378 e. The molecule has 0 radical (unpaired) electrons. The van der Waals surface area contributed by atoms with E-state index < -0.39 is 10.0 Å². The van der Waals surface area contributed by atoms with Crippen LogP contribution in [0.25, 0.3) is 0 Å². The van der Waals surface area contributed by atoms with Gasteiger partial charge in [0.1, 0.15) is 0 Å². The molecule has 1 saturated heterocycles. The average molecular weight is 389 g/mol. The van der Waals surface area contributed by atoms with Crippen LogP contribution >= 0.6 is 11.3 Å². The molecule has 1 aliphatic carbocycles. The maximum atomic E-state index is 12.3. The summed E-state index contributed by atoms with van der Waals surface area (Å²) in [5.74, 6) is -0.118. The molecule has 0 saturated carbocycles. The predicted octanol–water partition coefficient (Wildman–Crippen LogP) is -0.250. The van der Waals surface area contributed by atoms with Crippen LogP contribution in [0.2, 0.25) is 0 Å². The first-order valence-corrected chi connectivity index (χ1v) is 11.2. The van der Waals surface area contributed by atoms with Gasteiger partial charge in [0.05, 0.1) is 25.2 Å². The molecule has 1 aromatic heterocycles. The van der Waals surface area contributed by atoms with Crippen LogP contribution in [-0.2, 0) is 32.4 Å². The summed E-state index contributed by atoms with van der Waals surface area (Å²) in [5.41, 5.74) is 1.03. The Morgan fingerprint density at radius 2 is 2.12 bits per heavy atom. The Balaban J connectivity index is 1.52. The maximum Gasteiger partial charge on any atom is 0.223 e. The van der Waals surface area contributed by atoms with E-state index in [9.17, 15) is 13.2 Å². The summed E-state index contributed by atoms with van der Waals surface area (Å²) in [6.45, 7) is 3.70. The van der Waals surface area contributed by atoms with Gasteiger partial charge in [-0.05, 0) is 12.8 Å². The van der Waals surface area contributed by atoms with E-state index in [-0.39, 0.29) is 18.4 Å². The number of morpholine rings is 1. The molecular formula is C15H24N4O4S2. The third-order valence-electron chi connectivity index (χ3n) is 4.37. The zero-order chi connectivity index (χ0) is 17.9. The first kappa shape index (κ1) is 18.6. The number of carbonyl (C=O) groups is 1. The van der Waals surface area contributed by atoms with Crippen LogP contribution in [0.4, 0.5) is 5.13 Å². The lowest BCUT2D eigenvalue weighted by atomic mass is 9.90. The number of hydrogen-bond acceptors (Lipinski definition) is 7. The molecule has 1 atom stereocenters. The normalized spacial score (nSPS) is 21.0. The second-order valence-electron chi connectivity index (χ2n) is 6.36. The number of nitrogens with zero attached hydrogens (tertiary/aromatic N) is 2. The van der Waals surface area contributed by atoms with E-state index in [0.29, 0.717) is 13.0 Å². The van der Waals surface area contributed by atoms with Crippen LogP contribution in [0.1, 0.15) is 17.0 Å². The molecule has 3 rings (SSSR count). The van der Waals surface area contributed by atoms with Gasteiger partial charge in [-0.2, -0.15) is 0 Å². The molecule has 2 heterocycles. The number of aryl methyl sites for hydroxylation is 1. The second-order valence-corrected chi connectivity index (χ2v) is 9.26. The van der Waals surface area contributed by atoms with Crippen molar-refractivity contribution in [3.05, 3.63) is 10.6 Å². The van der Waals surface area contributed by atoms with Gasteiger partial charge < -0.3 is 15.0 Å². The molecule has 140 valence electrons. The van der Waals surface area contributed by atoms with E-state index in [0.717, 1.165) is 56.2 Å². The summed E-state index contributed by atoms with van der Waals surface area (Å²) >= 11 is 1.73. The number of nitrogens with one attached hydrogen (secondary N) is 2. The Morgan fingerprint density at radius 1 is 1.36 bits per heavy atom. The van der Waals surface area contributed by atoms with Crippen LogP contribution < -0.4 is 14.9 Å². The molecule has 0 bridgehead atoms. The van der Waals surface area contributed by atoms with Crippen molar-refractivity contribution < 1.29 is 17.9 Å². The van der Waals surface area contributed by atoms with Crippen molar-refractivity contribution in [3.63, 3.8) is 0 Å². The maximum absolute atomic E-state index is 12.3. The monoisotopic (exact) mass is 388 g/mol. The zero-order valence-electron chi connectivity index (χ0n) is 14.3. The molecule has 1 fully saturated rings. The third-order valence-corrected chi connectivity index (χ3v) is 6.31. The van der Waals surface area contributed by atoms with Crippen LogP contribution in [-0.4, -0.2) is 65.0 Å². The van der Waals surface area contributed by atoms with Gasteiger partial charge in [0.2, 0.25) is 15.9 Å². The topological polar surface area (TPSA) is 101 Å². The number of sulfonamides is 1. The van der Waals surface area contributed by atoms with Crippen molar-refractivity contribution in [1.29, 1.82) is 0 Å². The lowest BCUT2D eigenvalue weighted by Gasteiger charge is -2.26. The SMILES string of the molecule is CS(=O)(=O)NCCNC(=O)C1CCc2sc(N3CCOCC3)nc2C1. The highest BCUT2D eigenvalue weighted by Gasteiger charge is 2.28. The first-order chi connectivity index (χ1) is 11.9. The molecule has 1 unspecified atom stereocenters. The molecule has 2 aliphatic rings. The first-order valence-electron chi connectivity index (χ1n) is 8.46. The molecular weight excluding hydrogens is 364 g/mol. The molecule has 8 nitrogen and oxygen atoms in total. The van der Waals surface area contributed by atoms with Gasteiger partial charge in [-0.15, -0.1) is 11.3 Å². The standard InChI is InChI=1S/C15H24N4O4S2/c1-25(21,22)17-5-4-16-14(20)11-2-3-13-12(10-11)18-15(24-13)19-6-8-23-9-7-19/h11,17H,2-10H2,1H3,(H,16,20). The largest absolute Gasteiger partial charge is 0.378 e. The Morgan fingerprint density at radius 3 is 2.84 bits per heavy atom. The number of rotatable bonds is 6. The molecule has 0 spiro atoms. The Hall–Kier alpha value is -1.23. The van der Waals surface area contributed by atoms with E-state index in [1.54, 1.807) is 11.3 Å². The van der Waals surface area contributed by atoms with Gasteiger partial charge >= 0.3 is 0 Å². The minimum atomic E-state index is -3.22. The molecule has 10 heteroatoms. The Labute approximate surface area is 152 Å². The van der Waals surface area contributed by atoms with Crippen molar-refractivity contribution in [1.82, 2.24) is 15.0 Å². The Kier molecular flexibility index (Phi) is 5.92. The summed E-state index contributed by atoms with van der Waals surface area (Å²) in [6, 6.07) is 0. The number of anilines is 1. The van der Waals surface area contributed by atoms with Crippen molar-refractivity contribution >= 4 is 32.4 Å². The number of ether oxygens (including phenoxy) is 1. The van der Waals surface area contributed by atoms with Crippen molar-refractivity contribution in [2.45, 2.75) is 19.3 Å². The molecule has 2 N–H and O–H groups in total. The molecule has 1 aliphatic heterocycles. The van der Waals surface area contributed by atoms with E-state index in [4.69, 9.17) is 9.72 Å². The zero-order valence-corrected chi connectivity index (χ0v) is 15.9. The molecule has 1 amide bonds. The average Bonchev–Trinajstić information content (AvgIpc) is 3.01. The van der Waals surface area contributed by atoms with Gasteiger partial charge in [0.15, 0.2) is 5.13 Å². The highest BCUT2D eigenvalue weighted by Crippen LogP contribution is 2.34. The van der Waals surface area contributed by atoms with E-state index in [1.807, 2.05) is 0 Å². The number of thiazole rings is 1. The summed E-state index contributed by atoms with van der Waals surface area (Å²) in [5, 5.41) is 3.84. The number of fused-ring (bicyclic) bond motifs is 1. The summed E-state index contributed by atoms with van der Waals surface area (Å²) in [4.78, 5) is 20.6. The van der Waals surface area contributed by atoms with Crippen LogP contribution in [0.3, 0.4) is 0 Å². The second kappa shape index (κ2) is 7.98. The van der Waals surface area contributed by atoms with E-state index >= 15 is 0 Å². The van der Waals surface area contributed by atoms with Crippen LogP contribution in [0.15, 0.2) is 0 Å². The Bertz CT molecular complexity index is 713. The summed E-state index contributed by atoms with van der Waals surface area (Å²) < 4.78 is 29.8. The molecule has 0 aromatic carbocycles. The highest BCUT2D eigenvalue weighted by molar-refractivity contribution is 7.88. The lowest BCUT2D eigenvalue weighted by molar-refractivity contribution is -0.125. The fraction of sp³-hybridized carbons (Fsp3) is 0.733. The summed E-state index contributed by atoms with van der Waals surface area (Å²) in [6.07, 6.45) is 3.44. The number of hydrogen-bond donors (Lipinski definition) is 2. The van der Waals surface area contributed by atoms with Crippen molar-refractivity contribution in [2.24, 2.45) is 5.92 Å². The highest BCUT2D eigenvalue weighted by atomic mass is 32.2. The molecule has 1 aromatic rings. The minimum absolute atomic E-state index is 0.0260. The van der Waals surface area contributed by atoms with Gasteiger partial charge in [0, 0.05) is 43.4 Å². The van der Waals surface area contributed by atoms with E-state index in [1.165, 1.54) is 4.88 Å². The number of aromatic nitrogens is 1. The summed E-state index contributed by atoms with van der Waals surface area (Å²) in [7, 11) is -3.22. The van der Waals surface area contributed by atoms with Crippen LogP contribution in [0, 0.1) is 5.92 Å². The van der Waals surface area contributed by atoms with Crippen LogP contribution in [0.5, 0.6) is 0 Å². The number of amides is 1. The van der Waals surface area contributed by atoms with Crippen molar-refractivity contribution in [3.8, 4) is 0 Å². The van der Waals surface area contributed by atoms with Gasteiger partial charge in [-0.1, -0.05) is 0 Å². The van der Waals surface area contributed by atoms with E-state index in [2.05, 4.69) is 14.9 Å². The van der Waals surface area contributed by atoms with Gasteiger partial charge in [-0.25, -0.2) is 18.1 Å². The number of carbonyl (C=O) groups excluding carboxylic acids is 1. The van der Waals surface area contributed by atoms with Gasteiger partial charge in [-0.3, -0.25) is 4.79 Å². The molecule has 25 heavy (non-hydrogen) atoms. The fourth-order valence-electron chi connectivity index (χ4n) is 3.05. The quantitative estimate of drug-likeness (QED) is 0.652. The third kappa shape index (κ3) is 5.13. The van der Waals surface area contributed by atoms with Crippen molar-refractivity contribution in [2.75, 3.05) is 50.5 Å².